The van der Waals surface area contributed by atoms with Crippen LogP contribution in [0.15, 0.2) is 54.9 Å². The van der Waals surface area contributed by atoms with E-state index in [0.29, 0.717) is 18.2 Å². The molecule has 1 aromatic carbocycles. The zero-order chi connectivity index (χ0) is 23.8. The number of benzene rings is 1. The molecule has 4 N–H and O–H groups in total. The van der Waals surface area contributed by atoms with Gasteiger partial charge in [0.15, 0.2) is 0 Å². The molecule has 0 radical (unpaired) electrons. The number of pyridine rings is 1. The van der Waals surface area contributed by atoms with Gasteiger partial charge in [-0.05, 0) is 63.3 Å². The van der Waals surface area contributed by atoms with Crippen LogP contribution in [0, 0.1) is 0 Å². The SMILES string of the molecule is CC(C)(C)NC(=O)[C@@H]1C[C@H](SCc2ccncc2)CCN1C[C@@H](O)[C@@H](N)Cc1ccccc1. The quantitative estimate of drug-likeness (QED) is 0.522. The van der Waals surface area contributed by atoms with Gasteiger partial charge in [0.25, 0.3) is 0 Å². The molecule has 2 heterocycles. The lowest BCUT2D eigenvalue weighted by Gasteiger charge is -2.41. The van der Waals surface area contributed by atoms with Crippen molar-refractivity contribution in [3.8, 4) is 0 Å². The number of hydrogen-bond donors (Lipinski definition) is 3. The molecule has 1 saturated heterocycles. The molecular formula is C26H38N4O2S. The average Bonchev–Trinajstić information content (AvgIpc) is 2.78. The molecule has 33 heavy (non-hydrogen) atoms. The molecule has 0 spiro atoms. The maximum absolute atomic E-state index is 13.2. The van der Waals surface area contributed by atoms with Crippen LogP contribution < -0.4 is 11.1 Å². The van der Waals surface area contributed by atoms with Crippen LogP contribution in [0.25, 0.3) is 0 Å². The number of rotatable bonds is 9. The normalized spacial score (nSPS) is 21.4. The Labute approximate surface area is 202 Å². The highest BCUT2D eigenvalue weighted by molar-refractivity contribution is 7.99. The zero-order valence-corrected chi connectivity index (χ0v) is 20.8. The smallest absolute Gasteiger partial charge is 0.237 e. The van der Waals surface area contributed by atoms with Crippen molar-refractivity contribution in [1.29, 1.82) is 0 Å². The van der Waals surface area contributed by atoms with Crippen LogP contribution in [0.4, 0.5) is 0 Å². The minimum absolute atomic E-state index is 0.0283. The molecule has 1 aromatic heterocycles. The Kier molecular flexibility index (Phi) is 9.32. The van der Waals surface area contributed by atoms with Crippen molar-refractivity contribution in [3.05, 3.63) is 66.0 Å². The number of aliphatic hydroxyl groups excluding tert-OH is 1. The first kappa shape index (κ1) is 25.7. The molecule has 4 atom stereocenters. The van der Waals surface area contributed by atoms with Crippen LogP contribution in [0.3, 0.4) is 0 Å². The molecule has 1 aliphatic heterocycles. The van der Waals surface area contributed by atoms with Crippen LogP contribution in [0.5, 0.6) is 0 Å². The Morgan fingerprint density at radius 1 is 1.21 bits per heavy atom. The number of carbonyl (C=O) groups is 1. The standard InChI is InChI=1S/C26H38N4O2S/c1-26(2,3)29-25(32)23-16-21(33-18-20-9-12-28-13-10-20)11-14-30(23)17-24(31)22(27)15-19-7-5-4-6-8-19/h4-10,12-13,21-24,31H,11,14-18,27H2,1-3H3,(H,29,32)/t21-,22+,23+,24-/m1/s1. The molecule has 0 saturated carbocycles. The van der Waals surface area contributed by atoms with Gasteiger partial charge in [0.2, 0.25) is 5.91 Å². The average molecular weight is 471 g/mol. The number of carbonyl (C=O) groups excluding carboxylic acids is 1. The number of thioether (sulfide) groups is 1. The summed E-state index contributed by atoms with van der Waals surface area (Å²) >= 11 is 1.90. The number of piperidine rings is 1. The first-order chi connectivity index (χ1) is 15.7. The van der Waals surface area contributed by atoms with Crippen molar-refractivity contribution in [2.45, 2.75) is 74.8 Å². The Balaban J connectivity index is 1.62. The molecule has 180 valence electrons. The number of amides is 1. The summed E-state index contributed by atoms with van der Waals surface area (Å²) in [5, 5.41) is 14.4. The van der Waals surface area contributed by atoms with Crippen LogP contribution in [-0.2, 0) is 17.0 Å². The largest absolute Gasteiger partial charge is 0.390 e. The highest BCUT2D eigenvalue weighted by atomic mass is 32.2. The van der Waals surface area contributed by atoms with E-state index in [0.717, 1.165) is 30.7 Å². The van der Waals surface area contributed by atoms with Gasteiger partial charge >= 0.3 is 0 Å². The van der Waals surface area contributed by atoms with Crippen molar-refractivity contribution in [1.82, 2.24) is 15.2 Å². The van der Waals surface area contributed by atoms with Crippen molar-refractivity contribution in [2.75, 3.05) is 13.1 Å². The van der Waals surface area contributed by atoms with Crippen LogP contribution in [0.2, 0.25) is 0 Å². The van der Waals surface area contributed by atoms with Crippen LogP contribution in [0.1, 0.15) is 44.7 Å². The summed E-state index contributed by atoms with van der Waals surface area (Å²) in [4.78, 5) is 19.4. The second kappa shape index (κ2) is 12.0. The third kappa shape index (κ3) is 8.41. The summed E-state index contributed by atoms with van der Waals surface area (Å²) in [6, 6.07) is 13.4. The minimum Gasteiger partial charge on any atom is -0.390 e. The Morgan fingerprint density at radius 3 is 2.58 bits per heavy atom. The summed E-state index contributed by atoms with van der Waals surface area (Å²) in [6.45, 7) is 7.17. The van der Waals surface area contributed by atoms with Gasteiger partial charge in [-0.2, -0.15) is 11.8 Å². The predicted molar refractivity (Wildman–Crippen MR) is 136 cm³/mol. The highest BCUT2D eigenvalue weighted by Gasteiger charge is 2.36. The minimum atomic E-state index is -0.698. The van der Waals surface area contributed by atoms with E-state index in [1.54, 1.807) is 0 Å². The van der Waals surface area contributed by atoms with E-state index < -0.39 is 6.10 Å². The van der Waals surface area contributed by atoms with Gasteiger partial charge < -0.3 is 16.2 Å². The Hall–Kier alpha value is -1.93. The third-order valence-corrected chi connectivity index (χ3v) is 7.33. The lowest BCUT2D eigenvalue weighted by molar-refractivity contribution is -0.129. The van der Waals surface area contributed by atoms with E-state index in [4.69, 9.17) is 5.73 Å². The predicted octanol–water partition coefficient (Wildman–Crippen LogP) is 2.99. The first-order valence-electron chi connectivity index (χ1n) is 11.8. The number of β-amino-alcohol motifs (C(OH)–C–C–N with tert-alkyl or cyclic N) is 1. The molecule has 0 unspecified atom stereocenters. The third-order valence-electron chi connectivity index (χ3n) is 5.93. The van der Waals surface area contributed by atoms with E-state index >= 15 is 0 Å². The van der Waals surface area contributed by atoms with Crippen LogP contribution >= 0.6 is 11.8 Å². The van der Waals surface area contributed by atoms with E-state index in [2.05, 4.69) is 15.2 Å². The van der Waals surface area contributed by atoms with Gasteiger partial charge in [0.05, 0.1) is 12.1 Å². The molecule has 2 aromatic rings. The molecule has 6 nitrogen and oxygen atoms in total. The highest BCUT2D eigenvalue weighted by Crippen LogP contribution is 2.30. The molecule has 1 amide bonds. The number of likely N-dealkylation sites (tertiary alicyclic amines) is 1. The van der Waals surface area contributed by atoms with Gasteiger partial charge in [-0.1, -0.05) is 30.3 Å². The van der Waals surface area contributed by atoms with Gasteiger partial charge in [-0.25, -0.2) is 0 Å². The maximum atomic E-state index is 13.2. The molecule has 3 rings (SSSR count). The summed E-state index contributed by atoms with van der Waals surface area (Å²) in [7, 11) is 0. The molecule has 0 bridgehead atoms. The van der Waals surface area contributed by atoms with Crippen molar-refractivity contribution < 1.29 is 9.90 Å². The van der Waals surface area contributed by atoms with Crippen molar-refractivity contribution in [2.24, 2.45) is 5.73 Å². The fraction of sp³-hybridized carbons (Fsp3) is 0.538. The zero-order valence-electron chi connectivity index (χ0n) is 20.0. The van der Waals surface area contributed by atoms with Gasteiger partial charge in [-0.15, -0.1) is 0 Å². The van der Waals surface area contributed by atoms with Crippen molar-refractivity contribution in [3.63, 3.8) is 0 Å². The number of hydrogen-bond acceptors (Lipinski definition) is 6. The van der Waals surface area contributed by atoms with E-state index in [1.807, 2.05) is 87.4 Å². The molecule has 0 aliphatic carbocycles. The fourth-order valence-corrected chi connectivity index (χ4v) is 5.38. The van der Waals surface area contributed by atoms with Gasteiger partial charge in [0, 0.05) is 48.1 Å². The first-order valence-corrected chi connectivity index (χ1v) is 12.8. The fourth-order valence-electron chi connectivity index (χ4n) is 4.17. The number of aliphatic hydroxyl groups is 1. The van der Waals surface area contributed by atoms with Gasteiger partial charge in [0.1, 0.15) is 0 Å². The molecule has 7 heteroatoms. The summed E-state index contributed by atoms with van der Waals surface area (Å²) < 4.78 is 0. The van der Waals surface area contributed by atoms with E-state index in [1.165, 1.54) is 5.56 Å². The topological polar surface area (TPSA) is 91.5 Å². The van der Waals surface area contributed by atoms with E-state index in [-0.39, 0.29) is 23.5 Å². The number of nitrogens with two attached hydrogens (primary N) is 1. The monoisotopic (exact) mass is 470 g/mol. The summed E-state index contributed by atoms with van der Waals surface area (Å²) in [5.41, 5.74) is 8.39. The summed E-state index contributed by atoms with van der Waals surface area (Å²) in [5.74, 6) is 0.936. The number of nitrogens with zero attached hydrogens (tertiary/aromatic N) is 2. The van der Waals surface area contributed by atoms with Crippen LogP contribution in [-0.4, -0.2) is 63.0 Å². The number of aromatic nitrogens is 1. The Bertz CT molecular complexity index is 860. The lowest BCUT2D eigenvalue weighted by Crippen LogP contribution is -2.58. The summed E-state index contributed by atoms with van der Waals surface area (Å²) in [6.07, 6.45) is 5.29. The van der Waals surface area contributed by atoms with Gasteiger partial charge in [-0.3, -0.25) is 14.7 Å². The molecule has 1 fully saturated rings. The second-order valence-electron chi connectivity index (χ2n) is 9.98. The number of nitrogens with one attached hydrogen (secondary N) is 1. The molecule has 1 aliphatic rings. The Morgan fingerprint density at radius 2 is 1.91 bits per heavy atom. The second-order valence-corrected chi connectivity index (χ2v) is 11.3. The van der Waals surface area contributed by atoms with E-state index in [9.17, 15) is 9.90 Å². The van der Waals surface area contributed by atoms with Crippen molar-refractivity contribution >= 4 is 17.7 Å². The maximum Gasteiger partial charge on any atom is 0.237 e. The lowest BCUT2D eigenvalue weighted by atomic mass is 9.96. The molecular weight excluding hydrogens is 432 g/mol.